The van der Waals surface area contributed by atoms with Crippen molar-refractivity contribution in [1.82, 2.24) is 9.21 Å². The molecule has 1 aromatic carbocycles. The number of hydrogen-bond donors (Lipinski definition) is 1. The van der Waals surface area contributed by atoms with Crippen LogP contribution in [-0.4, -0.2) is 63.4 Å². The average molecular weight is 410 g/mol. The number of anilines is 1. The summed E-state index contributed by atoms with van der Waals surface area (Å²) in [5.74, 6) is 0.776. The van der Waals surface area contributed by atoms with E-state index in [4.69, 9.17) is 4.74 Å². The van der Waals surface area contributed by atoms with Crippen LogP contribution < -0.4 is 10.1 Å². The van der Waals surface area contributed by atoms with Gasteiger partial charge in [-0.2, -0.15) is 4.31 Å². The Kier molecular flexibility index (Phi) is 6.95. The maximum Gasteiger partial charge on any atom is 0.246 e. The lowest BCUT2D eigenvalue weighted by atomic mass is 10.0. The van der Waals surface area contributed by atoms with Crippen molar-refractivity contribution in [2.24, 2.45) is 5.92 Å². The molecule has 0 unspecified atom stereocenters. The van der Waals surface area contributed by atoms with Gasteiger partial charge in [0.2, 0.25) is 15.9 Å². The van der Waals surface area contributed by atoms with E-state index in [9.17, 15) is 13.2 Å². The Balaban J connectivity index is 1.74. The van der Waals surface area contributed by atoms with Crippen molar-refractivity contribution >= 4 is 21.6 Å². The highest BCUT2D eigenvalue weighted by molar-refractivity contribution is 7.89. The van der Waals surface area contributed by atoms with E-state index >= 15 is 0 Å². The highest BCUT2D eigenvalue weighted by atomic mass is 32.2. The van der Waals surface area contributed by atoms with Gasteiger partial charge in [0.15, 0.2) is 0 Å². The molecular formula is C20H31N3O4S. The zero-order valence-corrected chi connectivity index (χ0v) is 17.6. The molecule has 1 amide bonds. The van der Waals surface area contributed by atoms with Crippen LogP contribution in [0.1, 0.15) is 39.0 Å². The zero-order chi connectivity index (χ0) is 20.1. The van der Waals surface area contributed by atoms with Crippen LogP contribution in [0.15, 0.2) is 23.1 Å². The summed E-state index contributed by atoms with van der Waals surface area (Å²) < 4.78 is 33.0. The molecule has 0 aliphatic carbocycles. The molecule has 0 saturated carbocycles. The molecule has 1 atom stereocenters. The second-order valence-corrected chi connectivity index (χ2v) is 9.77. The number of ether oxygens (including phenoxy) is 1. The molecule has 2 aliphatic heterocycles. The standard InChI is InChI=1S/C20H31N3O4S/c1-16-7-6-10-22(14-16)15-20(24)21-17-8-9-18(27-2)19(13-17)28(25,26)23-11-4-3-5-12-23/h8-9,13,16H,3-7,10-12,14-15H2,1-2H3,(H,21,24)/t16-/m1/s1. The highest BCUT2D eigenvalue weighted by Crippen LogP contribution is 2.31. The Morgan fingerprint density at radius 1 is 1.18 bits per heavy atom. The SMILES string of the molecule is COc1ccc(NC(=O)CN2CCC[C@@H](C)C2)cc1S(=O)(=O)N1CCCCC1. The molecule has 3 rings (SSSR count). The first kappa shape index (κ1) is 21.1. The smallest absolute Gasteiger partial charge is 0.246 e. The molecule has 2 saturated heterocycles. The molecule has 0 aromatic heterocycles. The lowest BCUT2D eigenvalue weighted by molar-refractivity contribution is -0.117. The average Bonchev–Trinajstić information content (AvgIpc) is 2.68. The Morgan fingerprint density at radius 3 is 2.61 bits per heavy atom. The summed E-state index contributed by atoms with van der Waals surface area (Å²) in [5.41, 5.74) is 0.478. The third-order valence-corrected chi connectivity index (χ3v) is 7.41. The molecule has 2 aliphatic rings. The van der Waals surface area contributed by atoms with Crippen molar-refractivity contribution in [3.8, 4) is 5.75 Å². The number of nitrogens with one attached hydrogen (secondary N) is 1. The molecule has 2 heterocycles. The van der Waals surface area contributed by atoms with Crippen molar-refractivity contribution in [1.29, 1.82) is 0 Å². The fourth-order valence-electron chi connectivity index (χ4n) is 4.03. The fourth-order valence-corrected chi connectivity index (χ4v) is 5.73. The number of amides is 1. The normalized spacial score (nSPS) is 22.0. The quantitative estimate of drug-likeness (QED) is 0.781. The number of sulfonamides is 1. The monoisotopic (exact) mass is 409 g/mol. The number of piperidine rings is 2. The van der Waals surface area contributed by atoms with E-state index in [0.717, 1.165) is 38.8 Å². The molecule has 0 bridgehead atoms. The van der Waals surface area contributed by atoms with E-state index in [2.05, 4.69) is 17.1 Å². The van der Waals surface area contributed by atoms with Gasteiger partial charge in [0, 0.05) is 25.3 Å². The summed E-state index contributed by atoms with van der Waals surface area (Å²) in [6, 6.07) is 4.81. The van der Waals surface area contributed by atoms with Crippen LogP contribution in [-0.2, 0) is 14.8 Å². The summed E-state index contributed by atoms with van der Waals surface area (Å²) in [5, 5.41) is 2.85. The van der Waals surface area contributed by atoms with E-state index in [1.54, 1.807) is 12.1 Å². The minimum Gasteiger partial charge on any atom is -0.495 e. The molecule has 28 heavy (non-hydrogen) atoms. The molecule has 8 heteroatoms. The van der Waals surface area contributed by atoms with Crippen molar-refractivity contribution in [2.75, 3.05) is 45.2 Å². The van der Waals surface area contributed by atoms with Crippen molar-refractivity contribution in [2.45, 2.75) is 43.9 Å². The van der Waals surface area contributed by atoms with Gasteiger partial charge in [0.05, 0.1) is 13.7 Å². The predicted octanol–water partition coefficient (Wildman–Crippen LogP) is 2.54. The second-order valence-electron chi connectivity index (χ2n) is 7.86. The van der Waals surface area contributed by atoms with Crippen LogP contribution in [0.2, 0.25) is 0 Å². The fraction of sp³-hybridized carbons (Fsp3) is 0.650. The van der Waals surface area contributed by atoms with Gasteiger partial charge in [-0.05, 0) is 56.3 Å². The van der Waals surface area contributed by atoms with Gasteiger partial charge in [-0.25, -0.2) is 8.42 Å². The minimum absolute atomic E-state index is 0.112. The van der Waals surface area contributed by atoms with Gasteiger partial charge in [0.1, 0.15) is 10.6 Å². The molecule has 0 radical (unpaired) electrons. The van der Waals surface area contributed by atoms with Crippen molar-refractivity contribution in [3.63, 3.8) is 0 Å². The van der Waals surface area contributed by atoms with Gasteiger partial charge >= 0.3 is 0 Å². The number of carbonyl (C=O) groups excluding carboxylic acids is 1. The second kappa shape index (κ2) is 9.24. The van der Waals surface area contributed by atoms with E-state index in [0.29, 0.717) is 37.0 Å². The number of benzene rings is 1. The molecule has 1 N–H and O–H groups in total. The summed E-state index contributed by atoms with van der Waals surface area (Å²) in [6.07, 6.45) is 5.09. The van der Waals surface area contributed by atoms with Crippen LogP contribution in [0.4, 0.5) is 5.69 Å². The van der Waals surface area contributed by atoms with Crippen LogP contribution in [0.25, 0.3) is 0 Å². The Hall–Kier alpha value is -1.64. The highest BCUT2D eigenvalue weighted by Gasteiger charge is 2.29. The van der Waals surface area contributed by atoms with Gasteiger partial charge in [0.25, 0.3) is 0 Å². The van der Waals surface area contributed by atoms with Crippen molar-refractivity contribution < 1.29 is 17.9 Å². The van der Waals surface area contributed by atoms with Gasteiger partial charge < -0.3 is 10.1 Å². The molecule has 2 fully saturated rings. The minimum atomic E-state index is -3.65. The number of rotatable bonds is 6. The first-order valence-electron chi connectivity index (χ1n) is 10.1. The summed E-state index contributed by atoms with van der Waals surface area (Å²) >= 11 is 0. The van der Waals surface area contributed by atoms with E-state index in [1.165, 1.54) is 23.9 Å². The van der Waals surface area contributed by atoms with Crippen LogP contribution in [0.3, 0.4) is 0 Å². The molecule has 0 spiro atoms. The lowest BCUT2D eigenvalue weighted by Gasteiger charge is -2.30. The third kappa shape index (κ3) is 5.04. The van der Waals surface area contributed by atoms with Crippen molar-refractivity contribution in [3.05, 3.63) is 18.2 Å². The molecule has 156 valence electrons. The number of nitrogens with zero attached hydrogens (tertiary/aromatic N) is 2. The summed E-state index contributed by atoms with van der Waals surface area (Å²) in [6.45, 7) is 5.42. The first-order valence-corrected chi connectivity index (χ1v) is 11.5. The topological polar surface area (TPSA) is 79.0 Å². The lowest BCUT2D eigenvalue weighted by Crippen LogP contribution is -2.39. The van der Waals surface area contributed by atoms with E-state index in [-0.39, 0.29) is 10.8 Å². The maximum absolute atomic E-state index is 13.1. The predicted molar refractivity (Wildman–Crippen MR) is 109 cm³/mol. The molecular weight excluding hydrogens is 378 g/mol. The van der Waals surface area contributed by atoms with Crippen LogP contribution >= 0.6 is 0 Å². The van der Waals surface area contributed by atoms with Gasteiger partial charge in [-0.15, -0.1) is 0 Å². The molecule has 7 nitrogen and oxygen atoms in total. The Bertz CT molecular complexity index is 791. The largest absolute Gasteiger partial charge is 0.495 e. The number of hydrogen-bond acceptors (Lipinski definition) is 5. The van der Waals surface area contributed by atoms with Crippen LogP contribution in [0.5, 0.6) is 5.75 Å². The van der Waals surface area contributed by atoms with E-state index in [1.807, 2.05) is 0 Å². The summed E-state index contributed by atoms with van der Waals surface area (Å²) in [7, 11) is -2.19. The van der Waals surface area contributed by atoms with Crippen LogP contribution in [0, 0.1) is 5.92 Å². The first-order chi connectivity index (χ1) is 13.4. The van der Waals surface area contributed by atoms with E-state index < -0.39 is 10.0 Å². The Labute approximate surface area is 168 Å². The number of likely N-dealkylation sites (tertiary alicyclic amines) is 1. The Morgan fingerprint density at radius 2 is 1.93 bits per heavy atom. The molecule has 1 aromatic rings. The number of methoxy groups -OCH3 is 1. The van der Waals surface area contributed by atoms with Gasteiger partial charge in [-0.1, -0.05) is 13.3 Å². The third-order valence-electron chi connectivity index (χ3n) is 5.49. The maximum atomic E-state index is 13.1. The summed E-state index contributed by atoms with van der Waals surface area (Å²) in [4.78, 5) is 14.7. The zero-order valence-electron chi connectivity index (χ0n) is 16.8. The van der Waals surface area contributed by atoms with Gasteiger partial charge in [-0.3, -0.25) is 9.69 Å². The number of carbonyl (C=O) groups is 1.